The van der Waals surface area contributed by atoms with Crippen molar-refractivity contribution in [3.05, 3.63) is 42.0 Å². The molecule has 42 heavy (non-hydrogen) atoms. The van der Waals surface area contributed by atoms with Gasteiger partial charge in [-0.2, -0.15) is 0 Å². The van der Waals surface area contributed by atoms with Gasteiger partial charge < -0.3 is 30.8 Å². The van der Waals surface area contributed by atoms with Crippen molar-refractivity contribution in [2.75, 3.05) is 0 Å². The van der Waals surface area contributed by atoms with Gasteiger partial charge in [0, 0.05) is 19.3 Å². The molecule has 0 aromatic heterocycles. The van der Waals surface area contributed by atoms with Gasteiger partial charge in [-0.1, -0.05) is 69.7 Å². The maximum absolute atomic E-state index is 13.1. The van der Waals surface area contributed by atoms with E-state index in [4.69, 9.17) is 0 Å². The molecule has 0 aliphatic heterocycles. The van der Waals surface area contributed by atoms with E-state index in [0.717, 1.165) is 51.0 Å². The number of ketones is 1. The average Bonchev–Trinajstić information content (AvgIpc) is 2.92. The van der Waals surface area contributed by atoms with E-state index < -0.39 is 47.8 Å². The second-order valence-corrected chi connectivity index (χ2v) is 10.6. The minimum atomic E-state index is -3.02. The molecule has 1 aromatic rings. The Morgan fingerprint density at radius 2 is 1.43 bits per heavy atom. The minimum absolute atomic E-state index is 0.0401. The summed E-state index contributed by atoms with van der Waals surface area (Å²) in [4.78, 5) is 60.2. The fourth-order valence-electron chi connectivity index (χ4n) is 4.56. The fraction of sp³-hybridized carbons (Fsp3) is 0.581. The van der Waals surface area contributed by atoms with Crippen LogP contribution in [-0.2, 0) is 30.4 Å². The highest BCUT2D eigenvalue weighted by Gasteiger charge is 2.49. The van der Waals surface area contributed by atoms with E-state index in [9.17, 15) is 49.5 Å². The highest BCUT2D eigenvalue weighted by Crippen LogP contribution is 2.26. The first-order valence-electron chi connectivity index (χ1n) is 14.6. The number of phenolic OH excluding ortho intramolecular Hbond substituents is 1. The number of rotatable bonds is 23. The molecule has 0 saturated heterocycles. The molecule has 3 atom stereocenters. The molecular formula is C31H45NO10. The van der Waals surface area contributed by atoms with Crippen molar-refractivity contribution in [1.82, 2.24) is 5.32 Å². The molecule has 0 radical (unpaired) electrons. The summed E-state index contributed by atoms with van der Waals surface area (Å²) in [5, 5.41) is 50.9. The number of unbranched alkanes of at least 4 members (excludes halogenated alkanes) is 8. The van der Waals surface area contributed by atoms with Crippen LogP contribution < -0.4 is 5.32 Å². The molecule has 11 nitrogen and oxygen atoms in total. The molecule has 234 valence electrons. The first kappa shape index (κ1) is 36.3. The summed E-state index contributed by atoms with van der Waals surface area (Å²) in [5.74, 6) is -7.83. The highest BCUT2D eigenvalue weighted by atomic mass is 16.4. The number of carbonyl (C=O) groups excluding carboxylic acids is 2. The average molecular weight is 592 g/mol. The molecule has 1 aromatic carbocycles. The van der Waals surface area contributed by atoms with Crippen LogP contribution in [0.4, 0.5) is 0 Å². The number of carboxylic acid groups (broad SMARTS) is 3. The topological polar surface area (TPSA) is 199 Å². The van der Waals surface area contributed by atoms with E-state index in [0.29, 0.717) is 31.2 Å². The largest absolute Gasteiger partial charge is 0.508 e. The molecule has 1 amide bonds. The van der Waals surface area contributed by atoms with Crippen LogP contribution in [0, 0.1) is 5.92 Å². The minimum Gasteiger partial charge on any atom is -0.508 e. The Hall–Kier alpha value is -3.73. The van der Waals surface area contributed by atoms with Gasteiger partial charge in [0.25, 0.3) is 0 Å². The van der Waals surface area contributed by atoms with Crippen LogP contribution in [0.25, 0.3) is 0 Å². The molecule has 0 heterocycles. The lowest BCUT2D eigenvalue weighted by molar-refractivity contribution is -0.172. The van der Waals surface area contributed by atoms with Crippen LogP contribution in [0.5, 0.6) is 5.75 Å². The van der Waals surface area contributed by atoms with Crippen molar-refractivity contribution < 1.29 is 49.5 Å². The van der Waals surface area contributed by atoms with Crippen LogP contribution in [0.1, 0.15) is 96.0 Å². The van der Waals surface area contributed by atoms with Gasteiger partial charge in [-0.25, -0.2) is 9.59 Å². The second-order valence-electron chi connectivity index (χ2n) is 10.6. The Morgan fingerprint density at radius 3 is 1.95 bits per heavy atom. The maximum Gasteiger partial charge on any atom is 0.337 e. The van der Waals surface area contributed by atoms with E-state index in [1.165, 1.54) is 36.8 Å². The van der Waals surface area contributed by atoms with Crippen LogP contribution >= 0.6 is 0 Å². The van der Waals surface area contributed by atoms with Gasteiger partial charge in [0.2, 0.25) is 5.91 Å². The molecule has 0 spiro atoms. The van der Waals surface area contributed by atoms with Gasteiger partial charge in [0.1, 0.15) is 17.6 Å². The van der Waals surface area contributed by atoms with Crippen molar-refractivity contribution in [2.45, 2.75) is 108 Å². The molecule has 6 N–H and O–H groups in total. The third-order valence-electron chi connectivity index (χ3n) is 7.04. The van der Waals surface area contributed by atoms with Crippen molar-refractivity contribution in [2.24, 2.45) is 5.92 Å². The highest BCUT2D eigenvalue weighted by molar-refractivity contribution is 5.94. The van der Waals surface area contributed by atoms with Crippen LogP contribution in [0.2, 0.25) is 0 Å². The molecular weight excluding hydrogens is 546 g/mol. The summed E-state index contributed by atoms with van der Waals surface area (Å²) in [6, 6.07) is 4.07. The zero-order valence-electron chi connectivity index (χ0n) is 24.3. The number of aromatic hydroxyl groups is 1. The van der Waals surface area contributed by atoms with Crippen LogP contribution in [0.15, 0.2) is 36.4 Å². The van der Waals surface area contributed by atoms with Crippen LogP contribution in [-0.4, -0.2) is 66.8 Å². The molecule has 0 aliphatic carbocycles. The maximum atomic E-state index is 13.1. The number of aliphatic carboxylic acids is 3. The van der Waals surface area contributed by atoms with Crippen molar-refractivity contribution >= 4 is 29.6 Å². The zero-order chi connectivity index (χ0) is 31.5. The number of benzene rings is 1. The predicted molar refractivity (Wildman–Crippen MR) is 155 cm³/mol. The fourth-order valence-corrected chi connectivity index (χ4v) is 4.56. The summed E-state index contributed by atoms with van der Waals surface area (Å²) in [5.41, 5.74) is -2.56. The van der Waals surface area contributed by atoms with E-state index in [2.05, 4.69) is 12.2 Å². The lowest BCUT2D eigenvalue weighted by Gasteiger charge is -2.29. The Balaban J connectivity index is 2.77. The molecule has 1 rings (SSSR count). The van der Waals surface area contributed by atoms with Crippen molar-refractivity contribution in [1.29, 1.82) is 0 Å². The lowest BCUT2D eigenvalue weighted by atomic mass is 9.82. The van der Waals surface area contributed by atoms with E-state index in [-0.39, 0.29) is 18.0 Å². The van der Waals surface area contributed by atoms with Crippen molar-refractivity contribution in [3.8, 4) is 5.75 Å². The first-order chi connectivity index (χ1) is 19.9. The summed E-state index contributed by atoms with van der Waals surface area (Å²) in [6.45, 7) is 2.14. The summed E-state index contributed by atoms with van der Waals surface area (Å²) in [7, 11) is 0. The number of aliphatic hydroxyl groups is 1. The van der Waals surface area contributed by atoms with E-state index in [1.54, 1.807) is 0 Å². The predicted octanol–water partition coefficient (Wildman–Crippen LogP) is 4.24. The Bertz CT molecular complexity index is 1050. The molecule has 0 aliphatic rings. The molecule has 0 saturated carbocycles. The SMILES string of the molecule is CCCCCCCC(=O)CCCCCC/C=C\C(C(=O)NC(Cc1ccc(O)cc1)C(=O)O)C(O)(CC(=O)O)C(=O)O. The van der Waals surface area contributed by atoms with Gasteiger partial charge in [-0.05, 0) is 43.4 Å². The lowest BCUT2D eigenvalue weighted by Crippen LogP contribution is -2.55. The number of Topliss-reactive ketones (excluding diaryl/α,β-unsaturated/α-hetero) is 1. The standard InChI is InChI=1S/C31H45NO10/c1-2-3-4-7-10-13-23(33)14-11-8-5-6-9-12-15-25(31(42,30(40)41)21-27(35)36)28(37)32-26(29(38)39)20-22-16-18-24(34)19-17-22/h12,15-19,25-26,34,42H,2-11,13-14,20-21H2,1H3,(H,32,37)(H,35,36)(H,38,39)(H,40,41)/b15-12-. The van der Waals surface area contributed by atoms with E-state index >= 15 is 0 Å². The Labute approximate surface area is 246 Å². The quantitative estimate of drug-likeness (QED) is 0.0790. The monoisotopic (exact) mass is 591 g/mol. The number of allylic oxidation sites excluding steroid dienone is 1. The second kappa shape index (κ2) is 19.4. The van der Waals surface area contributed by atoms with Gasteiger partial charge in [0.05, 0.1) is 12.3 Å². The summed E-state index contributed by atoms with van der Waals surface area (Å²) in [6.07, 6.45) is 11.1. The first-order valence-corrected chi connectivity index (χ1v) is 14.6. The molecule has 11 heteroatoms. The Kier molecular flexibility index (Phi) is 16.8. The van der Waals surface area contributed by atoms with Crippen LogP contribution in [0.3, 0.4) is 0 Å². The number of amides is 1. The third-order valence-corrected chi connectivity index (χ3v) is 7.04. The number of carbonyl (C=O) groups is 5. The summed E-state index contributed by atoms with van der Waals surface area (Å²) >= 11 is 0. The Morgan fingerprint density at radius 1 is 0.857 bits per heavy atom. The molecule has 3 unspecified atom stereocenters. The number of phenols is 1. The van der Waals surface area contributed by atoms with Gasteiger partial charge in [0.15, 0.2) is 5.60 Å². The smallest absolute Gasteiger partial charge is 0.337 e. The molecule has 0 bridgehead atoms. The number of hydrogen-bond donors (Lipinski definition) is 6. The molecule has 0 fully saturated rings. The third kappa shape index (κ3) is 13.8. The number of hydrogen-bond acceptors (Lipinski definition) is 7. The normalized spacial score (nSPS) is 14.1. The summed E-state index contributed by atoms with van der Waals surface area (Å²) < 4.78 is 0. The number of carboxylic acids is 3. The van der Waals surface area contributed by atoms with Gasteiger partial charge in [-0.3, -0.25) is 14.4 Å². The van der Waals surface area contributed by atoms with Crippen molar-refractivity contribution in [3.63, 3.8) is 0 Å². The van der Waals surface area contributed by atoms with Gasteiger partial charge >= 0.3 is 17.9 Å². The van der Waals surface area contributed by atoms with E-state index in [1.807, 2.05) is 0 Å². The zero-order valence-corrected chi connectivity index (χ0v) is 24.3. The van der Waals surface area contributed by atoms with Gasteiger partial charge in [-0.15, -0.1) is 0 Å². The number of nitrogens with one attached hydrogen (secondary N) is 1.